The molecule has 0 spiro atoms. The van der Waals surface area contributed by atoms with Gasteiger partial charge in [-0.1, -0.05) is 13.8 Å². The predicted octanol–water partition coefficient (Wildman–Crippen LogP) is 0.175. The van der Waals surface area contributed by atoms with E-state index in [2.05, 4.69) is 9.97 Å². The van der Waals surface area contributed by atoms with Gasteiger partial charge in [0, 0.05) is 23.4 Å². The average Bonchev–Trinajstić information content (AvgIpc) is 3.33. The van der Waals surface area contributed by atoms with Crippen LogP contribution in [0.5, 0.6) is 17.2 Å². The number of carbonyl (C=O) groups is 1. The van der Waals surface area contributed by atoms with Crippen molar-refractivity contribution in [3.8, 4) is 17.2 Å². The third-order valence-electron chi connectivity index (χ3n) is 6.77. The zero-order chi connectivity index (χ0) is 30.9. The van der Waals surface area contributed by atoms with Gasteiger partial charge in [0.15, 0.2) is 0 Å². The van der Waals surface area contributed by atoms with E-state index in [1.165, 1.54) is 19.2 Å². The number of imidazole rings is 1. The number of fused-ring (bicyclic) bond motifs is 1. The standard InChI is InChI=1S/C29H33N3O8S2.Na/c1-16(2)22-11-21(40-14-26(33)34)10-17(3)28(22)42(36,37)32-25-9-8-20(38-6)12-23(25)31-29(32)41(35)15-24-19(5)27(39-7)18(4)13-30-24;/h8-13,16H,14-15H2,1-7H3,(H,33,34);/q;+1/p-1. The van der Waals surface area contributed by atoms with Gasteiger partial charge in [0.05, 0.1) is 58.4 Å². The van der Waals surface area contributed by atoms with Gasteiger partial charge in [0.1, 0.15) is 23.9 Å². The summed E-state index contributed by atoms with van der Waals surface area (Å²) in [6.45, 7) is 8.18. The fourth-order valence-electron chi connectivity index (χ4n) is 4.79. The van der Waals surface area contributed by atoms with Crippen LogP contribution in [0.1, 0.15) is 47.7 Å². The second-order valence-electron chi connectivity index (χ2n) is 10.0. The summed E-state index contributed by atoms with van der Waals surface area (Å²) in [4.78, 5) is 19.9. The van der Waals surface area contributed by atoms with Crippen LogP contribution >= 0.6 is 0 Å². The quantitative estimate of drug-likeness (QED) is 0.208. The van der Waals surface area contributed by atoms with Gasteiger partial charge in [-0.05, 0) is 62.1 Å². The molecule has 0 aliphatic carbocycles. The topological polar surface area (TPSA) is 150 Å². The van der Waals surface area contributed by atoms with Crippen molar-refractivity contribution in [2.24, 2.45) is 0 Å². The summed E-state index contributed by atoms with van der Waals surface area (Å²) in [5.41, 5.74) is 3.22. The number of pyridine rings is 1. The van der Waals surface area contributed by atoms with E-state index in [4.69, 9.17) is 14.2 Å². The van der Waals surface area contributed by atoms with Gasteiger partial charge >= 0.3 is 29.6 Å². The maximum atomic E-state index is 14.6. The minimum atomic E-state index is -4.40. The number of ether oxygens (including phenoxy) is 3. The fraction of sp³-hybridized carbons (Fsp3) is 0.345. The predicted molar refractivity (Wildman–Crippen MR) is 155 cm³/mol. The number of aliphatic carboxylic acids is 1. The maximum Gasteiger partial charge on any atom is 1.00 e. The van der Waals surface area contributed by atoms with Crippen molar-refractivity contribution >= 4 is 37.8 Å². The Morgan fingerprint density at radius 2 is 1.74 bits per heavy atom. The molecule has 43 heavy (non-hydrogen) atoms. The molecule has 1 atom stereocenters. The van der Waals surface area contributed by atoms with Gasteiger partial charge in [-0.25, -0.2) is 17.4 Å². The zero-order valence-electron chi connectivity index (χ0n) is 25.4. The Kier molecular flexibility index (Phi) is 11.1. The third-order valence-corrected chi connectivity index (χ3v) is 10.0. The summed E-state index contributed by atoms with van der Waals surface area (Å²) in [6, 6.07) is 7.68. The second-order valence-corrected chi connectivity index (χ2v) is 13.1. The fourth-order valence-corrected chi connectivity index (χ4v) is 8.39. The molecule has 1 unspecified atom stereocenters. The summed E-state index contributed by atoms with van der Waals surface area (Å²) >= 11 is 0. The second kappa shape index (κ2) is 13.8. The molecule has 0 fully saturated rings. The first-order valence-corrected chi connectivity index (χ1v) is 15.7. The van der Waals surface area contributed by atoms with E-state index in [1.54, 1.807) is 45.4 Å². The van der Waals surface area contributed by atoms with E-state index in [0.717, 1.165) is 9.54 Å². The zero-order valence-corrected chi connectivity index (χ0v) is 29.0. The number of carbonyl (C=O) groups excluding carboxylic acids is 1. The van der Waals surface area contributed by atoms with Gasteiger partial charge in [0.2, 0.25) is 5.16 Å². The maximum absolute atomic E-state index is 14.6. The van der Waals surface area contributed by atoms with Crippen molar-refractivity contribution in [1.82, 2.24) is 13.9 Å². The average molecular weight is 638 g/mol. The molecule has 0 saturated heterocycles. The van der Waals surface area contributed by atoms with Crippen molar-refractivity contribution in [2.45, 2.75) is 56.3 Å². The molecule has 2 aromatic carbocycles. The van der Waals surface area contributed by atoms with Crippen LogP contribution in [-0.4, -0.2) is 53.4 Å². The number of rotatable bonds is 11. The van der Waals surface area contributed by atoms with Crippen LogP contribution in [0.15, 0.2) is 46.6 Å². The van der Waals surface area contributed by atoms with Crippen LogP contribution in [0, 0.1) is 20.8 Å². The molecule has 2 aromatic heterocycles. The van der Waals surface area contributed by atoms with Gasteiger partial charge in [0.25, 0.3) is 10.0 Å². The molecule has 224 valence electrons. The van der Waals surface area contributed by atoms with Crippen molar-refractivity contribution in [3.63, 3.8) is 0 Å². The number of methoxy groups -OCH3 is 2. The molecule has 0 bridgehead atoms. The van der Waals surface area contributed by atoms with Crippen LogP contribution in [0.3, 0.4) is 0 Å². The Morgan fingerprint density at radius 3 is 2.35 bits per heavy atom. The molecule has 0 radical (unpaired) electrons. The van der Waals surface area contributed by atoms with E-state index >= 15 is 0 Å². The number of benzene rings is 2. The van der Waals surface area contributed by atoms with E-state index in [9.17, 15) is 22.5 Å². The SMILES string of the molecule is COc1ccc2c(c1)nc(S(=O)Cc1ncc(C)c(OC)c1C)n2S(=O)(=O)c1c(C)cc(OCC(=O)[O-])cc1C(C)C.[Na+]. The minimum absolute atomic E-state index is 0. The van der Waals surface area contributed by atoms with Crippen LogP contribution in [0.4, 0.5) is 0 Å². The number of aromatic nitrogens is 3. The van der Waals surface area contributed by atoms with E-state index in [1.807, 2.05) is 20.8 Å². The molecule has 0 amide bonds. The molecular weight excluding hydrogens is 605 g/mol. The number of aryl methyl sites for hydroxylation is 2. The van der Waals surface area contributed by atoms with Gasteiger partial charge in [-0.3, -0.25) is 9.19 Å². The summed E-state index contributed by atoms with van der Waals surface area (Å²) in [5.74, 6) is -0.547. The molecule has 0 aliphatic rings. The minimum Gasteiger partial charge on any atom is -0.546 e. The van der Waals surface area contributed by atoms with E-state index in [-0.39, 0.29) is 68.1 Å². The summed E-state index contributed by atoms with van der Waals surface area (Å²) in [6.07, 6.45) is 1.62. The van der Waals surface area contributed by atoms with Crippen LogP contribution in [0.2, 0.25) is 0 Å². The number of hydrogen-bond donors (Lipinski definition) is 0. The number of nitrogens with zero attached hydrogens (tertiary/aromatic N) is 3. The Hall–Kier alpha value is -2.97. The largest absolute Gasteiger partial charge is 1.00 e. The molecule has 11 nitrogen and oxygen atoms in total. The Morgan fingerprint density at radius 1 is 1.05 bits per heavy atom. The van der Waals surface area contributed by atoms with Crippen LogP contribution < -0.4 is 48.9 Å². The Bertz CT molecular complexity index is 1820. The van der Waals surface area contributed by atoms with E-state index < -0.39 is 33.4 Å². The van der Waals surface area contributed by atoms with Crippen LogP contribution in [0.25, 0.3) is 11.0 Å². The summed E-state index contributed by atoms with van der Waals surface area (Å²) in [5, 5.41) is 10.8. The normalized spacial score (nSPS) is 12.2. The Balaban J connectivity index is 0.00000506. The number of carboxylic acid groups (broad SMARTS) is 1. The molecule has 0 saturated carbocycles. The van der Waals surface area contributed by atoms with Gasteiger partial charge in [-0.2, -0.15) is 0 Å². The van der Waals surface area contributed by atoms with Crippen molar-refractivity contribution in [2.75, 3.05) is 20.8 Å². The van der Waals surface area contributed by atoms with Crippen molar-refractivity contribution < 1.29 is 66.3 Å². The smallest absolute Gasteiger partial charge is 0.546 e. The number of carboxylic acids is 1. The first-order chi connectivity index (χ1) is 19.8. The molecule has 14 heteroatoms. The first kappa shape index (κ1) is 34.5. The van der Waals surface area contributed by atoms with Gasteiger partial charge in [-0.15, -0.1) is 0 Å². The van der Waals surface area contributed by atoms with Crippen LogP contribution in [-0.2, 0) is 31.4 Å². The molecule has 0 N–H and O–H groups in total. The first-order valence-electron chi connectivity index (χ1n) is 13.0. The van der Waals surface area contributed by atoms with Crippen molar-refractivity contribution in [3.05, 3.63) is 64.5 Å². The number of hydrogen-bond acceptors (Lipinski definition) is 10. The molecule has 2 heterocycles. The van der Waals surface area contributed by atoms with E-state index in [0.29, 0.717) is 33.9 Å². The Labute approximate surface area is 275 Å². The molecule has 0 aliphatic heterocycles. The molecule has 4 rings (SSSR count). The monoisotopic (exact) mass is 637 g/mol. The van der Waals surface area contributed by atoms with Gasteiger partial charge < -0.3 is 24.1 Å². The van der Waals surface area contributed by atoms with Crippen molar-refractivity contribution in [1.29, 1.82) is 0 Å². The molecule has 4 aromatic rings. The third kappa shape index (κ3) is 6.91. The summed E-state index contributed by atoms with van der Waals surface area (Å²) < 4.78 is 60.2. The molecular formula is C29H32N3NaO8S2. The summed E-state index contributed by atoms with van der Waals surface area (Å²) in [7, 11) is -3.33.